The van der Waals surface area contributed by atoms with E-state index in [1.807, 2.05) is 6.07 Å². The average molecular weight is 543 g/mol. The van der Waals surface area contributed by atoms with E-state index in [4.69, 9.17) is 11.6 Å². The number of rotatable bonds is 9. The summed E-state index contributed by atoms with van der Waals surface area (Å²) in [6.45, 7) is 0.974. The summed E-state index contributed by atoms with van der Waals surface area (Å²) in [4.78, 5) is 23.6. The molecule has 3 aromatic rings. The fourth-order valence-electron chi connectivity index (χ4n) is 3.62. The number of aliphatic hydroxyl groups is 1. The third-order valence-electron chi connectivity index (χ3n) is 5.50. The number of amides is 2. The van der Waals surface area contributed by atoms with Gasteiger partial charge in [0.25, 0.3) is 11.1 Å². The molecule has 186 valence electrons. The van der Waals surface area contributed by atoms with E-state index in [1.165, 1.54) is 18.2 Å². The van der Waals surface area contributed by atoms with Crippen LogP contribution in [0, 0.1) is 0 Å². The molecule has 3 aromatic carbocycles. The molecule has 2 amide bonds. The van der Waals surface area contributed by atoms with Gasteiger partial charge in [-0.05, 0) is 83.9 Å². The van der Waals surface area contributed by atoms with Gasteiger partial charge in [-0.2, -0.15) is 0 Å². The van der Waals surface area contributed by atoms with Gasteiger partial charge < -0.3 is 10.4 Å². The van der Waals surface area contributed by atoms with Gasteiger partial charge in [0.15, 0.2) is 0 Å². The lowest BCUT2D eigenvalue weighted by molar-refractivity contribution is -0.115. The number of aliphatic hydroxyl groups excluding tert-OH is 1. The second-order valence-corrected chi connectivity index (χ2v) is 11.5. The van der Waals surface area contributed by atoms with Crippen LogP contribution in [0.25, 0.3) is 6.08 Å². The van der Waals surface area contributed by atoms with Crippen LogP contribution < -0.4 is 10.6 Å². The highest BCUT2D eigenvalue weighted by atomic mass is 35.5. The molecule has 1 fully saturated rings. The Kier molecular flexibility index (Phi) is 8.28. The second kappa shape index (κ2) is 11.4. The highest BCUT2D eigenvalue weighted by Gasteiger charge is 2.25. The minimum atomic E-state index is -3.77. The Bertz CT molecular complexity index is 1420. The molecule has 3 N–H and O–H groups in total. The first kappa shape index (κ1) is 26.1. The standard InChI is InChI=1S/C26H23ClN2O5S2/c27-20-5-2-4-19(15-20)23(30)16-28-12-11-17-7-9-21(10-8-17)36(33,34)22-6-1-3-18(13-22)14-24-25(31)29-26(32)35-24/h1-10,13-15,23,28,30H,11-12,16H2,(H,29,31,32)/t23-/m0/s1. The molecule has 0 spiro atoms. The van der Waals surface area contributed by atoms with E-state index in [0.29, 0.717) is 30.1 Å². The van der Waals surface area contributed by atoms with Crippen molar-refractivity contribution < 1.29 is 23.1 Å². The summed E-state index contributed by atoms with van der Waals surface area (Å²) in [6, 6.07) is 20.0. The van der Waals surface area contributed by atoms with Crippen molar-refractivity contribution in [2.24, 2.45) is 0 Å². The summed E-state index contributed by atoms with van der Waals surface area (Å²) < 4.78 is 26.3. The van der Waals surface area contributed by atoms with Crippen molar-refractivity contribution in [3.8, 4) is 0 Å². The fourth-order valence-corrected chi connectivity index (χ4v) is 5.81. The van der Waals surface area contributed by atoms with E-state index < -0.39 is 27.1 Å². The van der Waals surface area contributed by atoms with Crippen molar-refractivity contribution >= 4 is 50.4 Å². The molecule has 4 rings (SSSR count). The Balaban J connectivity index is 1.36. The van der Waals surface area contributed by atoms with Crippen LogP contribution in [-0.4, -0.2) is 37.8 Å². The van der Waals surface area contributed by atoms with Crippen molar-refractivity contribution in [2.75, 3.05) is 13.1 Å². The Morgan fingerprint density at radius 3 is 2.44 bits per heavy atom. The van der Waals surface area contributed by atoms with Crippen molar-refractivity contribution in [2.45, 2.75) is 22.3 Å². The summed E-state index contributed by atoms with van der Waals surface area (Å²) in [5, 5.41) is 15.8. The monoisotopic (exact) mass is 542 g/mol. The molecule has 0 aromatic heterocycles. The van der Waals surface area contributed by atoms with Crippen LogP contribution >= 0.6 is 23.4 Å². The van der Waals surface area contributed by atoms with Crippen molar-refractivity contribution in [1.82, 2.24) is 10.6 Å². The molecule has 0 aliphatic carbocycles. The van der Waals surface area contributed by atoms with Gasteiger partial charge in [0.05, 0.1) is 20.8 Å². The zero-order valence-corrected chi connectivity index (χ0v) is 21.4. The summed E-state index contributed by atoms with van der Waals surface area (Å²) in [5.74, 6) is -0.498. The number of benzene rings is 3. The van der Waals surface area contributed by atoms with Gasteiger partial charge in [-0.15, -0.1) is 0 Å². The summed E-state index contributed by atoms with van der Waals surface area (Å²) >= 11 is 6.74. The van der Waals surface area contributed by atoms with Gasteiger partial charge >= 0.3 is 0 Å². The minimum absolute atomic E-state index is 0.0935. The maximum absolute atomic E-state index is 13.1. The minimum Gasteiger partial charge on any atom is -0.387 e. The number of carbonyl (C=O) groups is 2. The molecule has 1 saturated heterocycles. The molecule has 0 saturated carbocycles. The van der Waals surface area contributed by atoms with Crippen LogP contribution in [0.3, 0.4) is 0 Å². The first-order chi connectivity index (χ1) is 17.2. The van der Waals surface area contributed by atoms with E-state index >= 15 is 0 Å². The third-order valence-corrected chi connectivity index (χ3v) is 8.32. The Labute approximate surface area is 218 Å². The zero-order chi connectivity index (χ0) is 25.7. The number of thioether (sulfide) groups is 1. The van der Waals surface area contributed by atoms with Gasteiger partial charge in [0.2, 0.25) is 9.84 Å². The topological polar surface area (TPSA) is 113 Å². The molecular formula is C26H23ClN2O5S2. The number of nitrogens with one attached hydrogen (secondary N) is 2. The van der Waals surface area contributed by atoms with Gasteiger partial charge in [-0.1, -0.05) is 48.0 Å². The first-order valence-electron chi connectivity index (χ1n) is 11.1. The number of hydrogen-bond donors (Lipinski definition) is 3. The number of halogens is 1. The van der Waals surface area contributed by atoms with E-state index in [1.54, 1.807) is 54.6 Å². The van der Waals surface area contributed by atoms with Gasteiger partial charge in [0.1, 0.15) is 0 Å². The quantitative estimate of drug-likeness (QED) is 0.272. The summed E-state index contributed by atoms with van der Waals surface area (Å²) in [6.07, 6.45) is 1.47. The van der Waals surface area contributed by atoms with Crippen LogP contribution in [0.15, 0.2) is 87.5 Å². The van der Waals surface area contributed by atoms with Crippen molar-refractivity contribution in [3.05, 3.63) is 99.4 Å². The number of hydrogen-bond acceptors (Lipinski definition) is 7. The third kappa shape index (κ3) is 6.43. The SMILES string of the molecule is O=C1NC(=O)C(=Cc2cccc(S(=O)(=O)c3ccc(CCNC[C@H](O)c4cccc(Cl)c4)cc3)c2)S1. The highest BCUT2D eigenvalue weighted by molar-refractivity contribution is 8.18. The lowest BCUT2D eigenvalue weighted by Gasteiger charge is -2.13. The zero-order valence-electron chi connectivity index (χ0n) is 19.0. The van der Waals surface area contributed by atoms with Crippen LogP contribution in [0.4, 0.5) is 4.79 Å². The molecule has 1 aliphatic rings. The normalized spacial score (nSPS) is 15.8. The molecule has 0 unspecified atom stereocenters. The lowest BCUT2D eigenvalue weighted by Crippen LogP contribution is -2.23. The van der Waals surface area contributed by atoms with Gasteiger partial charge in [0, 0.05) is 11.6 Å². The van der Waals surface area contributed by atoms with E-state index in [9.17, 15) is 23.1 Å². The predicted octanol–water partition coefficient (Wildman–Crippen LogP) is 4.36. The molecule has 10 heteroatoms. The smallest absolute Gasteiger partial charge is 0.290 e. The lowest BCUT2D eigenvalue weighted by atomic mass is 10.1. The maximum Gasteiger partial charge on any atom is 0.290 e. The predicted molar refractivity (Wildman–Crippen MR) is 140 cm³/mol. The first-order valence-corrected chi connectivity index (χ1v) is 13.7. The number of imide groups is 1. The largest absolute Gasteiger partial charge is 0.387 e. The molecule has 7 nitrogen and oxygen atoms in total. The van der Waals surface area contributed by atoms with Crippen LogP contribution in [0.5, 0.6) is 0 Å². The van der Waals surface area contributed by atoms with Gasteiger partial charge in [-0.25, -0.2) is 8.42 Å². The molecule has 1 heterocycles. The molecule has 36 heavy (non-hydrogen) atoms. The molecule has 1 atom stereocenters. The Hall–Kier alpha value is -2.95. The highest BCUT2D eigenvalue weighted by Crippen LogP contribution is 2.27. The maximum atomic E-state index is 13.1. The second-order valence-electron chi connectivity index (χ2n) is 8.10. The van der Waals surface area contributed by atoms with Crippen LogP contribution in [0.2, 0.25) is 5.02 Å². The Morgan fingerprint density at radius 2 is 1.75 bits per heavy atom. The van der Waals surface area contributed by atoms with Crippen LogP contribution in [0.1, 0.15) is 22.8 Å². The summed E-state index contributed by atoms with van der Waals surface area (Å²) in [7, 11) is -3.77. The summed E-state index contributed by atoms with van der Waals surface area (Å²) in [5.41, 5.74) is 2.20. The van der Waals surface area contributed by atoms with Gasteiger partial charge in [-0.3, -0.25) is 14.9 Å². The van der Waals surface area contributed by atoms with E-state index in [2.05, 4.69) is 10.6 Å². The Morgan fingerprint density at radius 1 is 1.00 bits per heavy atom. The molecule has 0 bridgehead atoms. The molecule has 1 aliphatic heterocycles. The fraction of sp³-hybridized carbons (Fsp3) is 0.154. The van der Waals surface area contributed by atoms with Crippen LogP contribution in [-0.2, 0) is 21.1 Å². The van der Waals surface area contributed by atoms with E-state index in [0.717, 1.165) is 22.9 Å². The average Bonchev–Trinajstić information content (AvgIpc) is 3.18. The van der Waals surface area contributed by atoms with Crippen molar-refractivity contribution in [1.29, 1.82) is 0 Å². The van der Waals surface area contributed by atoms with Crippen molar-refractivity contribution in [3.63, 3.8) is 0 Å². The van der Waals surface area contributed by atoms with E-state index in [-0.39, 0.29) is 14.7 Å². The number of carbonyl (C=O) groups excluding carboxylic acids is 2. The molecular weight excluding hydrogens is 520 g/mol. The number of sulfone groups is 1. The molecule has 0 radical (unpaired) electrons.